The summed E-state index contributed by atoms with van der Waals surface area (Å²) in [7, 11) is 0. The van der Waals surface area contributed by atoms with E-state index in [4.69, 9.17) is 4.42 Å². The van der Waals surface area contributed by atoms with Gasteiger partial charge in [-0.05, 0) is 54.3 Å². The lowest BCUT2D eigenvalue weighted by molar-refractivity contribution is 0.555. The van der Waals surface area contributed by atoms with Crippen molar-refractivity contribution in [3.05, 3.63) is 113 Å². The Bertz CT molecular complexity index is 1630. The monoisotopic (exact) mass is 453 g/mol. The standard InChI is InChI=1S/C31H23N3O/c1-19-11-12-23-24-13-14-28-29(25-9-2-3-10-27(25)35-28)31(24)34(26(23)16-19)22-8-4-6-20(17-22)30-21(18-32)7-5-15-33-30/h2-15,17,19,24,31H,16H2,1H3. The third kappa shape index (κ3) is 2.95. The van der Waals surface area contributed by atoms with Crippen LogP contribution in [0.3, 0.4) is 0 Å². The molecule has 0 N–H and O–H groups in total. The van der Waals surface area contributed by atoms with E-state index in [0.717, 1.165) is 34.7 Å². The first kappa shape index (κ1) is 20.1. The summed E-state index contributed by atoms with van der Waals surface area (Å²) in [6, 6.07) is 22.9. The Balaban J connectivity index is 1.44. The molecule has 3 heterocycles. The van der Waals surface area contributed by atoms with Crippen LogP contribution in [0, 0.1) is 23.2 Å². The van der Waals surface area contributed by atoms with Crippen molar-refractivity contribution in [1.29, 1.82) is 5.26 Å². The molecule has 0 radical (unpaired) electrons. The number of anilines is 1. The van der Waals surface area contributed by atoms with E-state index in [2.05, 4.69) is 83.6 Å². The van der Waals surface area contributed by atoms with E-state index in [1.54, 1.807) is 6.20 Å². The largest absolute Gasteiger partial charge is 0.456 e. The van der Waals surface area contributed by atoms with Gasteiger partial charge in [0.15, 0.2) is 0 Å². The molecule has 7 rings (SSSR count). The Morgan fingerprint density at radius 2 is 1.94 bits per heavy atom. The Hall–Kier alpha value is -4.36. The number of nitriles is 1. The molecule has 1 aliphatic heterocycles. The normalized spacial score (nSPS) is 22.2. The molecule has 0 spiro atoms. The Labute approximate surface area is 204 Å². The average Bonchev–Trinajstić information content (AvgIpc) is 3.43. The van der Waals surface area contributed by atoms with Crippen LogP contribution in [-0.4, -0.2) is 4.98 Å². The molecule has 0 bridgehead atoms. The van der Waals surface area contributed by atoms with E-state index in [1.807, 2.05) is 24.3 Å². The molecule has 35 heavy (non-hydrogen) atoms. The van der Waals surface area contributed by atoms with Gasteiger partial charge in [0.1, 0.15) is 17.4 Å². The fourth-order valence-corrected chi connectivity index (χ4v) is 5.96. The lowest BCUT2D eigenvalue weighted by atomic mass is 9.82. The Morgan fingerprint density at radius 3 is 2.86 bits per heavy atom. The second-order valence-electron chi connectivity index (χ2n) is 9.58. The van der Waals surface area contributed by atoms with Crippen LogP contribution in [0.4, 0.5) is 5.69 Å². The van der Waals surface area contributed by atoms with Gasteiger partial charge < -0.3 is 9.32 Å². The van der Waals surface area contributed by atoms with Crippen LogP contribution in [0.1, 0.15) is 36.3 Å². The van der Waals surface area contributed by atoms with E-state index >= 15 is 0 Å². The summed E-state index contributed by atoms with van der Waals surface area (Å²) in [5.41, 5.74) is 8.32. The molecule has 168 valence electrons. The molecule has 0 saturated carbocycles. The van der Waals surface area contributed by atoms with Gasteiger partial charge in [0, 0.05) is 40.0 Å². The van der Waals surface area contributed by atoms with Crippen LogP contribution in [0.25, 0.3) is 28.3 Å². The molecular formula is C31H23N3O. The summed E-state index contributed by atoms with van der Waals surface area (Å²) in [5, 5.41) is 10.8. The lowest BCUT2D eigenvalue weighted by Crippen LogP contribution is -2.28. The molecule has 3 unspecified atom stereocenters. The minimum atomic E-state index is 0.119. The minimum Gasteiger partial charge on any atom is -0.456 e. The van der Waals surface area contributed by atoms with Gasteiger partial charge in [-0.25, -0.2) is 0 Å². The molecule has 0 fully saturated rings. The fourth-order valence-electron chi connectivity index (χ4n) is 5.96. The number of hydrogen-bond donors (Lipinski definition) is 0. The molecule has 0 saturated heterocycles. The number of fused-ring (bicyclic) bond motifs is 6. The van der Waals surface area contributed by atoms with Crippen LogP contribution >= 0.6 is 0 Å². The van der Waals surface area contributed by atoms with Gasteiger partial charge in [0.25, 0.3) is 0 Å². The number of pyridine rings is 1. The van der Waals surface area contributed by atoms with Crippen LogP contribution in [-0.2, 0) is 0 Å². The average molecular weight is 454 g/mol. The predicted molar refractivity (Wildman–Crippen MR) is 138 cm³/mol. The molecule has 0 amide bonds. The summed E-state index contributed by atoms with van der Waals surface area (Å²) < 4.78 is 6.28. The second kappa shape index (κ2) is 7.58. The van der Waals surface area contributed by atoms with Crippen molar-refractivity contribution in [3.8, 4) is 17.3 Å². The van der Waals surface area contributed by atoms with E-state index in [-0.39, 0.29) is 12.0 Å². The van der Waals surface area contributed by atoms with E-state index in [0.29, 0.717) is 11.5 Å². The number of furan rings is 1. The van der Waals surface area contributed by atoms with Crippen LogP contribution < -0.4 is 4.90 Å². The fraction of sp³-hybridized carbons (Fsp3) is 0.161. The zero-order valence-electron chi connectivity index (χ0n) is 19.3. The van der Waals surface area contributed by atoms with Gasteiger partial charge in [0.2, 0.25) is 0 Å². The van der Waals surface area contributed by atoms with Crippen molar-refractivity contribution in [1.82, 2.24) is 4.98 Å². The number of aromatic nitrogens is 1. The number of allylic oxidation sites excluding steroid dienone is 3. The summed E-state index contributed by atoms with van der Waals surface area (Å²) in [6.45, 7) is 2.28. The smallest absolute Gasteiger partial charge is 0.135 e. The third-order valence-electron chi connectivity index (χ3n) is 7.46. The second-order valence-corrected chi connectivity index (χ2v) is 9.58. The van der Waals surface area contributed by atoms with E-state index in [1.165, 1.54) is 22.2 Å². The quantitative estimate of drug-likeness (QED) is 0.317. The predicted octanol–water partition coefficient (Wildman–Crippen LogP) is 7.42. The maximum Gasteiger partial charge on any atom is 0.135 e. The number of benzene rings is 2. The van der Waals surface area contributed by atoms with Gasteiger partial charge in [-0.15, -0.1) is 0 Å². The molecule has 3 atom stereocenters. The van der Waals surface area contributed by atoms with Crippen molar-refractivity contribution in [2.45, 2.75) is 19.4 Å². The molecule has 2 aromatic heterocycles. The van der Waals surface area contributed by atoms with Crippen LogP contribution in [0.2, 0.25) is 0 Å². The van der Waals surface area contributed by atoms with Crippen molar-refractivity contribution in [3.63, 3.8) is 0 Å². The highest BCUT2D eigenvalue weighted by Crippen LogP contribution is 2.55. The molecule has 4 aromatic rings. The Morgan fingerprint density at radius 1 is 1.03 bits per heavy atom. The first-order valence-corrected chi connectivity index (χ1v) is 12.1. The van der Waals surface area contributed by atoms with Crippen LogP contribution in [0.15, 0.2) is 101 Å². The van der Waals surface area contributed by atoms with Gasteiger partial charge in [-0.3, -0.25) is 4.98 Å². The molecule has 2 aromatic carbocycles. The lowest BCUT2D eigenvalue weighted by Gasteiger charge is -2.34. The summed E-state index contributed by atoms with van der Waals surface area (Å²) >= 11 is 0. The zero-order valence-corrected chi connectivity index (χ0v) is 19.3. The molecular weight excluding hydrogens is 430 g/mol. The first-order valence-electron chi connectivity index (χ1n) is 12.1. The van der Waals surface area contributed by atoms with Crippen molar-refractivity contribution in [2.75, 3.05) is 4.90 Å². The van der Waals surface area contributed by atoms with Crippen molar-refractivity contribution < 1.29 is 4.42 Å². The van der Waals surface area contributed by atoms with E-state index < -0.39 is 0 Å². The molecule has 2 aliphatic carbocycles. The van der Waals surface area contributed by atoms with Crippen LogP contribution in [0.5, 0.6) is 0 Å². The maximum atomic E-state index is 9.65. The molecule has 4 heteroatoms. The summed E-state index contributed by atoms with van der Waals surface area (Å²) in [4.78, 5) is 7.06. The molecule has 4 nitrogen and oxygen atoms in total. The first-order chi connectivity index (χ1) is 17.2. The maximum absolute atomic E-state index is 9.65. The number of para-hydroxylation sites is 1. The number of hydrogen-bond acceptors (Lipinski definition) is 4. The topological polar surface area (TPSA) is 53.1 Å². The summed E-state index contributed by atoms with van der Waals surface area (Å²) in [6.07, 6.45) is 11.9. The highest BCUT2D eigenvalue weighted by molar-refractivity contribution is 5.88. The zero-order chi connectivity index (χ0) is 23.5. The Kier molecular flexibility index (Phi) is 4.34. The minimum absolute atomic E-state index is 0.119. The SMILES string of the molecule is CC1C=CC2=C(C1)N(c1cccc(-c3ncccc3C#N)c1)C1c3c(oc4ccccc34)C=CC21. The highest BCUT2D eigenvalue weighted by Gasteiger charge is 2.45. The van der Waals surface area contributed by atoms with Gasteiger partial charge >= 0.3 is 0 Å². The highest BCUT2D eigenvalue weighted by atomic mass is 16.3. The summed E-state index contributed by atoms with van der Waals surface area (Å²) in [5.74, 6) is 1.68. The number of rotatable bonds is 2. The number of nitrogens with zero attached hydrogens (tertiary/aromatic N) is 3. The molecule has 3 aliphatic rings. The van der Waals surface area contributed by atoms with Gasteiger partial charge in [-0.1, -0.05) is 55.5 Å². The van der Waals surface area contributed by atoms with Crippen molar-refractivity contribution >= 4 is 22.7 Å². The van der Waals surface area contributed by atoms with Gasteiger partial charge in [0.05, 0.1) is 17.3 Å². The van der Waals surface area contributed by atoms with Gasteiger partial charge in [-0.2, -0.15) is 5.26 Å². The van der Waals surface area contributed by atoms with Crippen molar-refractivity contribution in [2.24, 2.45) is 11.8 Å². The third-order valence-corrected chi connectivity index (χ3v) is 7.46. The van der Waals surface area contributed by atoms with E-state index in [9.17, 15) is 5.26 Å².